The van der Waals surface area contributed by atoms with E-state index in [-0.39, 0.29) is 0 Å². The lowest BCUT2D eigenvalue weighted by Gasteiger charge is -2.04. The normalized spacial score (nSPS) is 8.69. The smallest absolute Gasteiger partial charge is 0.193 e. The molecule has 1 aromatic rings. The molecule has 1 aromatic carbocycles. The Morgan fingerprint density at radius 1 is 1.38 bits per heavy atom. The predicted molar refractivity (Wildman–Crippen MR) is 52.9 cm³/mol. The zero-order chi connectivity index (χ0) is 9.84. The molecule has 0 unspecified atom stereocenters. The highest BCUT2D eigenvalue weighted by molar-refractivity contribution is 5.75. The second-order valence-electron chi connectivity index (χ2n) is 2.68. The minimum atomic E-state index is 0.496. The minimum Gasteiger partial charge on any atom is -0.397 e. The molecule has 0 heterocycles. The Morgan fingerprint density at radius 2 is 2.08 bits per heavy atom. The number of hydrogen-bond donors (Lipinski definition) is 2. The number of rotatable bonds is 0. The van der Waals surface area contributed by atoms with Gasteiger partial charge in [0.2, 0.25) is 0 Å². The third kappa shape index (κ3) is 2.00. The third-order valence-corrected chi connectivity index (χ3v) is 1.69. The average molecular weight is 174 g/mol. The van der Waals surface area contributed by atoms with Crippen molar-refractivity contribution in [3.8, 4) is 11.8 Å². The standard InChI is InChI=1S/C10H10N2O/c1-7-5-8(3-2-4-13)6-9(11)10(7)12/h4-6H,11-12H2,1H3. The fourth-order valence-electron chi connectivity index (χ4n) is 1.01. The number of nitrogens with two attached hydrogens (primary N) is 2. The van der Waals surface area contributed by atoms with E-state index in [0.717, 1.165) is 5.56 Å². The van der Waals surface area contributed by atoms with Crippen LogP contribution in [0.5, 0.6) is 0 Å². The summed E-state index contributed by atoms with van der Waals surface area (Å²) in [5.74, 6) is 4.96. The van der Waals surface area contributed by atoms with Crippen LogP contribution in [0.4, 0.5) is 11.4 Å². The molecule has 3 nitrogen and oxygen atoms in total. The lowest BCUT2D eigenvalue weighted by Crippen LogP contribution is -1.97. The van der Waals surface area contributed by atoms with Crippen LogP contribution in [-0.4, -0.2) is 6.29 Å². The highest BCUT2D eigenvalue weighted by Gasteiger charge is 1.99. The average Bonchev–Trinajstić information content (AvgIpc) is 2.10. The predicted octanol–water partition coefficient (Wildman–Crippen LogP) is 0.710. The number of carbonyl (C=O) groups is 1. The van der Waals surface area contributed by atoms with Crippen molar-refractivity contribution in [2.24, 2.45) is 0 Å². The molecule has 1 rings (SSSR count). The van der Waals surface area contributed by atoms with Crippen LogP contribution in [0.15, 0.2) is 12.1 Å². The molecular formula is C10H10N2O. The Balaban J connectivity index is 3.20. The molecule has 0 saturated carbocycles. The maximum absolute atomic E-state index is 9.99. The lowest BCUT2D eigenvalue weighted by molar-refractivity contribution is -0.103. The van der Waals surface area contributed by atoms with E-state index in [1.54, 1.807) is 12.1 Å². The monoisotopic (exact) mass is 174 g/mol. The minimum absolute atomic E-state index is 0.496. The summed E-state index contributed by atoms with van der Waals surface area (Å²) in [6, 6.07) is 3.45. The van der Waals surface area contributed by atoms with Gasteiger partial charge in [0, 0.05) is 5.56 Å². The SMILES string of the molecule is Cc1cc(C#CC=O)cc(N)c1N. The molecule has 4 N–H and O–H groups in total. The highest BCUT2D eigenvalue weighted by Crippen LogP contribution is 2.20. The van der Waals surface area contributed by atoms with E-state index >= 15 is 0 Å². The number of anilines is 2. The summed E-state index contributed by atoms with van der Waals surface area (Å²) in [5.41, 5.74) is 13.9. The van der Waals surface area contributed by atoms with E-state index in [9.17, 15) is 4.79 Å². The molecule has 0 spiro atoms. The van der Waals surface area contributed by atoms with Gasteiger partial charge in [0.05, 0.1) is 11.4 Å². The molecule has 0 bridgehead atoms. The van der Waals surface area contributed by atoms with E-state index in [0.29, 0.717) is 23.2 Å². The van der Waals surface area contributed by atoms with Crippen molar-refractivity contribution in [1.82, 2.24) is 0 Å². The largest absolute Gasteiger partial charge is 0.397 e. The van der Waals surface area contributed by atoms with Gasteiger partial charge < -0.3 is 11.5 Å². The Kier molecular flexibility index (Phi) is 2.56. The molecule has 0 saturated heterocycles. The van der Waals surface area contributed by atoms with E-state index in [1.165, 1.54) is 0 Å². The van der Waals surface area contributed by atoms with Gasteiger partial charge in [0.25, 0.3) is 0 Å². The van der Waals surface area contributed by atoms with Crippen LogP contribution in [0.1, 0.15) is 11.1 Å². The molecule has 0 fully saturated rings. The molecule has 3 heteroatoms. The summed E-state index contributed by atoms with van der Waals surface area (Å²) in [7, 11) is 0. The molecule has 0 radical (unpaired) electrons. The third-order valence-electron chi connectivity index (χ3n) is 1.69. The molecule has 0 aliphatic rings. The molecule has 0 aliphatic carbocycles. The topological polar surface area (TPSA) is 69.1 Å². The van der Waals surface area contributed by atoms with Crippen molar-refractivity contribution in [1.29, 1.82) is 0 Å². The maximum Gasteiger partial charge on any atom is 0.193 e. The fraction of sp³-hybridized carbons (Fsp3) is 0.100. The Morgan fingerprint density at radius 3 is 2.62 bits per heavy atom. The number of aldehydes is 1. The van der Waals surface area contributed by atoms with Crippen LogP contribution in [0.2, 0.25) is 0 Å². The number of nitrogen functional groups attached to an aromatic ring is 2. The molecule has 66 valence electrons. The molecule has 0 atom stereocenters. The van der Waals surface area contributed by atoms with Crippen LogP contribution >= 0.6 is 0 Å². The van der Waals surface area contributed by atoms with Crippen molar-refractivity contribution in [3.63, 3.8) is 0 Å². The first-order valence-corrected chi connectivity index (χ1v) is 3.76. The number of aryl methyl sites for hydroxylation is 1. The molecule has 13 heavy (non-hydrogen) atoms. The van der Waals surface area contributed by atoms with Gasteiger partial charge in [-0.05, 0) is 30.5 Å². The van der Waals surface area contributed by atoms with Crippen molar-refractivity contribution in [3.05, 3.63) is 23.3 Å². The van der Waals surface area contributed by atoms with Crippen molar-refractivity contribution in [2.45, 2.75) is 6.92 Å². The molecule has 0 aromatic heterocycles. The quantitative estimate of drug-likeness (QED) is 0.346. The second-order valence-corrected chi connectivity index (χ2v) is 2.68. The molecule has 0 aliphatic heterocycles. The van der Waals surface area contributed by atoms with Gasteiger partial charge in [-0.1, -0.05) is 5.92 Å². The van der Waals surface area contributed by atoms with Crippen LogP contribution in [0.25, 0.3) is 0 Å². The first kappa shape index (κ1) is 9.14. The van der Waals surface area contributed by atoms with Crippen molar-refractivity contribution < 1.29 is 4.79 Å². The Bertz CT molecular complexity index is 376. The summed E-state index contributed by atoms with van der Waals surface area (Å²) in [5, 5.41) is 0. The lowest BCUT2D eigenvalue weighted by atomic mass is 10.1. The van der Waals surface area contributed by atoms with E-state index in [4.69, 9.17) is 11.5 Å². The van der Waals surface area contributed by atoms with Gasteiger partial charge in [-0.25, -0.2) is 0 Å². The van der Waals surface area contributed by atoms with Gasteiger partial charge >= 0.3 is 0 Å². The summed E-state index contributed by atoms with van der Waals surface area (Å²) in [6.45, 7) is 1.85. The van der Waals surface area contributed by atoms with Crippen LogP contribution in [0.3, 0.4) is 0 Å². The van der Waals surface area contributed by atoms with Crippen molar-refractivity contribution in [2.75, 3.05) is 11.5 Å². The maximum atomic E-state index is 9.99. The Hall–Kier alpha value is -1.95. The zero-order valence-electron chi connectivity index (χ0n) is 7.29. The van der Waals surface area contributed by atoms with Gasteiger partial charge in [-0.2, -0.15) is 0 Å². The van der Waals surface area contributed by atoms with E-state index in [1.807, 2.05) is 6.92 Å². The highest BCUT2D eigenvalue weighted by atomic mass is 16.1. The summed E-state index contributed by atoms with van der Waals surface area (Å²) >= 11 is 0. The van der Waals surface area contributed by atoms with Crippen molar-refractivity contribution >= 4 is 17.7 Å². The first-order valence-electron chi connectivity index (χ1n) is 3.76. The fourth-order valence-corrected chi connectivity index (χ4v) is 1.01. The van der Waals surface area contributed by atoms with Gasteiger partial charge in [0.15, 0.2) is 6.29 Å². The second kappa shape index (κ2) is 3.63. The van der Waals surface area contributed by atoms with Gasteiger partial charge in [-0.15, -0.1) is 0 Å². The Labute approximate surface area is 76.7 Å². The number of benzene rings is 1. The van der Waals surface area contributed by atoms with Gasteiger partial charge in [-0.3, -0.25) is 4.79 Å². The summed E-state index contributed by atoms with van der Waals surface area (Å²) in [4.78, 5) is 9.99. The van der Waals surface area contributed by atoms with Crippen LogP contribution in [0, 0.1) is 18.8 Å². The number of carbonyl (C=O) groups excluding carboxylic acids is 1. The summed E-state index contributed by atoms with van der Waals surface area (Å²) in [6.07, 6.45) is 0.544. The first-order chi connectivity index (χ1) is 6.15. The van der Waals surface area contributed by atoms with Crippen LogP contribution in [-0.2, 0) is 4.79 Å². The van der Waals surface area contributed by atoms with E-state index < -0.39 is 0 Å². The number of hydrogen-bond acceptors (Lipinski definition) is 3. The summed E-state index contributed by atoms with van der Waals surface area (Å²) < 4.78 is 0. The van der Waals surface area contributed by atoms with Gasteiger partial charge in [0.1, 0.15) is 0 Å². The zero-order valence-corrected chi connectivity index (χ0v) is 7.29. The van der Waals surface area contributed by atoms with Crippen LogP contribution < -0.4 is 11.5 Å². The molecule has 0 amide bonds. The van der Waals surface area contributed by atoms with E-state index in [2.05, 4.69) is 11.8 Å². The molecular weight excluding hydrogens is 164 g/mol.